The van der Waals surface area contributed by atoms with E-state index in [0.717, 1.165) is 5.56 Å². The Bertz CT molecular complexity index is 563. The van der Waals surface area contributed by atoms with E-state index in [1.165, 1.54) is 0 Å². The molecular formula is C16H16O3. The Morgan fingerprint density at radius 3 is 2.16 bits per heavy atom. The van der Waals surface area contributed by atoms with Gasteiger partial charge in [-0.1, -0.05) is 54.6 Å². The lowest BCUT2D eigenvalue weighted by atomic mass is 9.95. The molecule has 2 atom stereocenters. The SMILES string of the molecule is C[C@@H](C(=O)O)c1cccc(C(O)c2ccccc2)c1. The monoisotopic (exact) mass is 256 g/mol. The topological polar surface area (TPSA) is 57.5 Å². The third kappa shape index (κ3) is 3.01. The Hall–Kier alpha value is -2.13. The third-order valence-electron chi connectivity index (χ3n) is 3.21. The third-order valence-corrected chi connectivity index (χ3v) is 3.21. The number of benzene rings is 2. The lowest BCUT2D eigenvalue weighted by molar-refractivity contribution is -0.138. The first-order valence-electron chi connectivity index (χ1n) is 6.15. The highest BCUT2D eigenvalue weighted by Gasteiger charge is 2.16. The van der Waals surface area contributed by atoms with Gasteiger partial charge in [-0.3, -0.25) is 4.79 Å². The van der Waals surface area contributed by atoms with Crippen LogP contribution in [0.3, 0.4) is 0 Å². The second-order valence-corrected chi connectivity index (χ2v) is 4.54. The predicted octanol–water partition coefficient (Wildman–Crippen LogP) is 2.96. The molecule has 0 radical (unpaired) electrons. The molecule has 0 amide bonds. The maximum Gasteiger partial charge on any atom is 0.310 e. The molecule has 2 rings (SSSR count). The molecule has 0 aliphatic rings. The molecule has 0 spiro atoms. The number of aliphatic carboxylic acids is 1. The Balaban J connectivity index is 2.31. The van der Waals surface area contributed by atoms with Crippen molar-refractivity contribution in [1.29, 1.82) is 0 Å². The van der Waals surface area contributed by atoms with Gasteiger partial charge >= 0.3 is 5.97 Å². The van der Waals surface area contributed by atoms with Gasteiger partial charge in [-0.15, -0.1) is 0 Å². The maximum atomic E-state index is 11.0. The molecule has 3 nitrogen and oxygen atoms in total. The van der Waals surface area contributed by atoms with E-state index in [2.05, 4.69) is 0 Å². The summed E-state index contributed by atoms with van der Waals surface area (Å²) in [5.41, 5.74) is 2.19. The fraction of sp³-hybridized carbons (Fsp3) is 0.188. The van der Waals surface area contributed by atoms with Crippen LogP contribution in [0, 0.1) is 0 Å². The Labute approximate surface area is 112 Å². The number of hydrogen-bond donors (Lipinski definition) is 2. The van der Waals surface area contributed by atoms with Crippen LogP contribution in [0.1, 0.15) is 35.6 Å². The quantitative estimate of drug-likeness (QED) is 0.884. The normalized spacial score (nSPS) is 13.8. The molecule has 2 N–H and O–H groups in total. The van der Waals surface area contributed by atoms with Gasteiger partial charge < -0.3 is 10.2 Å². The standard InChI is InChI=1S/C16H16O3/c1-11(16(18)19)13-8-5-9-14(10-13)15(17)12-6-3-2-4-7-12/h2-11,15,17H,1H3,(H,18,19)/t11-,15?/m1/s1. The molecule has 98 valence electrons. The molecule has 0 saturated heterocycles. The summed E-state index contributed by atoms with van der Waals surface area (Å²) in [5, 5.41) is 19.3. The van der Waals surface area contributed by atoms with Crippen molar-refractivity contribution in [2.24, 2.45) is 0 Å². The zero-order valence-corrected chi connectivity index (χ0v) is 10.7. The number of aliphatic hydroxyl groups excluding tert-OH is 1. The van der Waals surface area contributed by atoms with E-state index in [9.17, 15) is 9.90 Å². The Kier molecular flexibility index (Phi) is 3.97. The van der Waals surface area contributed by atoms with E-state index in [0.29, 0.717) is 11.1 Å². The van der Waals surface area contributed by atoms with Gasteiger partial charge in [0.05, 0.1) is 5.92 Å². The van der Waals surface area contributed by atoms with Crippen molar-refractivity contribution >= 4 is 5.97 Å². The summed E-state index contributed by atoms with van der Waals surface area (Å²) < 4.78 is 0. The second-order valence-electron chi connectivity index (χ2n) is 4.54. The van der Waals surface area contributed by atoms with Crippen molar-refractivity contribution < 1.29 is 15.0 Å². The van der Waals surface area contributed by atoms with Crippen molar-refractivity contribution in [3.8, 4) is 0 Å². The van der Waals surface area contributed by atoms with E-state index < -0.39 is 18.0 Å². The van der Waals surface area contributed by atoms with Crippen LogP contribution in [0.4, 0.5) is 0 Å². The van der Waals surface area contributed by atoms with Gasteiger partial charge in [0.25, 0.3) is 0 Å². The second kappa shape index (κ2) is 5.67. The lowest BCUT2D eigenvalue weighted by Crippen LogP contribution is -2.08. The Morgan fingerprint density at radius 2 is 1.53 bits per heavy atom. The minimum absolute atomic E-state index is 0.581. The fourth-order valence-corrected chi connectivity index (χ4v) is 1.97. The van der Waals surface area contributed by atoms with Crippen molar-refractivity contribution in [2.45, 2.75) is 18.9 Å². The van der Waals surface area contributed by atoms with Crippen LogP contribution < -0.4 is 0 Å². The van der Waals surface area contributed by atoms with Gasteiger partial charge in [0.1, 0.15) is 6.10 Å². The summed E-state index contributed by atoms with van der Waals surface area (Å²) in [6, 6.07) is 16.4. The number of rotatable bonds is 4. The molecule has 3 heteroatoms. The molecule has 19 heavy (non-hydrogen) atoms. The number of carbonyl (C=O) groups is 1. The van der Waals surface area contributed by atoms with Crippen LogP contribution in [-0.4, -0.2) is 16.2 Å². The zero-order valence-electron chi connectivity index (χ0n) is 10.7. The minimum Gasteiger partial charge on any atom is -0.481 e. The minimum atomic E-state index is -0.869. The summed E-state index contributed by atoms with van der Waals surface area (Å²) in [6.07, 6.45) is -0.734. The molecule has 0 aromatic heterocycles. The molecule has 0 bridgehead atoms. The van der Waals surface area contributed by atoms with Gasteiger partial charge in [-0.05, 0) is 23.6 Å². The van der Waals surface area contributed by atoms with Crippen LogP contribution in [-0.2, 0) is 4.79 Å². The van der Waals surface area contributed by atoms with Gasteiger partial charge in [-0.2, -0.15) is 0 Å². The summed E-state index contributed by atoms with van der Waals surface area (Å²) >= 11 is 0. The van der Waals surface area contributed by atoms with Crippen molar-refractivity contribution in [1.82, 2.24) is 0 Å². The smallest absolute Gasteiger partial charge is 0.310 e. The van der Waals surface area contributed by atoms with Crippen molar-refractivity contribution in [2.75, 3.05) is 0 Å². The number of carboxylic acid groups (broad SMARTS) is 1. The van der Waals surface area contributed by atoms with E-state index >= 15 is 0 Å². The average molecular weight is 256 g/mol. The van der Waals surface area contributed by atoms with Gasteiger partial charge in [0.2, 0.25) is 0 Å². The van der Waals surface area contributed by atoms with E-state index in [1.54, 1.807) is 31.2 Å². The highest BCUT2D eigenvalue weighted by molar-refractivity contribution is 5.75. The van der Waals surface area contributed by atoms with Crippen LogP contribution in [0.25, 0.3) is 0 Å². The van der Waals surface area contributed by atoms with E-state index in [4.69, 9.17) is 5.11 Å². The zero-order chi connectivity index (χ0) is 13.8. The van der Waals surface area contributed by atoms with Gasteiger partial charge in [-0.25, -0.2) is 0 Å². The van der Waals surface area contributed by atoms with Crippen LogP contribution in [0.15, 0.2) is 54.6 Å². The highest BCUT2D eigenvalue weighted by atomic mass is 16.4. The van der Waals surface area contributed by atoms with Crippen molar-refractivity contribution in [3.63, 3.8) is 0 Å². The van der Waals surface area contributed by atoms with Crippen LogP contribution in [0.2, 0.25) is 0 Å². The first-order valence-corrected chi connectivity index (χ1v) is 6.15. The summed E-state index contributed by atoms with van der Waals surface area (Å²) in [7, 11) is 0. The van der Waals surface area contributed by atoms with Crippen molar-refractivity contribution in [3.05, 3.63) is 71.3 Å². The van der Waals surface area contributed by atoms with Crippen LogP contribution in [0.5, 0.6) is 0 Å². The Morgan fingerprint density at radius 1 is 0.947 bits per heavy atom. The molecule has 2 aromatic carbocycles. The summed E-state index contributed by atoms with van der Waals surface area (Å²) in [5.74, 6) is -1.45. The largest absolute Gasteiger partial charge is 0.481 e. The maximum absolute atomic E-state index is 11.0. The summed E-state index contributed by atoms with van der Waals surface area (Å²) in [4.78, 5) is 11.0. The molecular weight excluding hydrogens is 240 g/mol. The van der Waals surface area contributed by atoms with E-state index in [-0.39, 0.29) is 0 Å². The van der Waals surface area contributed by atoms with Gasteiger partial charge in [0.15, 0.2) is 0 Å². The van der Waals surface area contributed by atoms with Crippen LogP contribution >= 0.6 is 0 Å². The average Bonchev–Trinajstić information content (AvgIpc) is 2.46. The number of hydrogen-bond acceptors (Lipinski definition) is 2. The molecule has 1 unspecified atom stereocenters. The predicted molar refractivity (Wildman–Crippen MR) is 73.0 cm³/mol. The highest BCUT2D eigenvalue weighted by Crippen LogP contribution is 2.25. The number of carboxylic acids is 1. The molecule has 2 aromatic rings. The lowest BCUT2D eigenvalue weighted by Gasteiger charge is -2.14. The van der Waals surface area contributed by atoms with E-state index in [1.807, 2.05) is 30.3 Å². The fourth-order valence-electron chi connectivity index (χ4n) is 1.97. The molecule has 0 fully saturated rings. The molecule has 0 aliphatic heterocycles. The van der Waals surface area contributed by atoms with Gasteiger partial charge in [0, 0.05) is 0 Å². The number of aliphatic hydroxyl groups is 1. The first-order chi connectivity index (χ1) is 9.09. The molecule has 0 saturated carbocycles. The first kappa shape index (κ1) is 13.3. The molecule has 0 heterocycles. The summed E-state index contributed by atoms with van der Waals surface area (Å²) in [6.45, 7) is 1.64. The molecule has 0 aliphatic carbocycles.